The highest BCUT2D eigenvalue weighted by Crippen LogP contribution is 2.22. The topological polar surface area (TPSA) is 41.1 Å². The van der Waals surface area contributed by atoms with Crippen LogP contribution in [0.2, 0.25) is 0 Å². The lowest BCUT2D eigenvalue weighted by Crippen LogP contribution is -2.48. The van der Waals surface area contributed by atoms with Crippen molar-refractivity contribution in [3.05, 3.63) is 65.7 Å². The van der Waals surface area contributed by atoms with Crippen LogP contribution in [0.15, 0.2) is 54.6 Å². The van der Waals surface area contributed by atoms with Crippen molar-refractivity contribution in [3.8, 4) is 0 Å². The maximum absolute atomic E-state index is 12.3. The highest BCUT2D eigenvalue weighted by molar-refractivity contribution is 7.97. The van der Waals surface area contributed by atoms with E-state index in [0.29, 0.717) is 5.92 Å². The van der Waals surface area contributed by atoms with Gasteiger partial charge in [-0.1, -0.05) is 49.4 Å². The molecule has 0 aliphatic carbocycles. The molecular weight excluding hydrogens is 316 g/mol. The van der Waals surface area contributed by atoms with E-state index in [1.54, 1.807) is 0 Å². The Labute approximate surface area is 148 Å². The Morgan fingerprint density at radius 3 is 2.54 bits per heavy atom. The molecular formula is C20H24N2OS. The van der Waals surface area contributed by atoms with Gasteiger partial charge in [-0.05, 0) is 42.3 Å². The van der Waals surface area contributed by atoms with Crippen molar-refractivity contribution in [2.24, 2.45) is 11.8 Å². The van der Waals surface area contributed by atoms with Crippen LogP contribution < -0.4 is 10.6 Å². The van der Waals surface area contributed by atoms with Gasteiger partial charge in [-0.25, -0.2) is 0 Å². The molecule has 0 spiro atoms. The first-order valence-corrected chi connectivity index (χ1v) is 9.60. The van der Waals surface area contributed by atoms with Crippen LogP contribution in [0.3, 0.4) is 0 Å². The van der Waals surface area contributed by atoms with Crippen molar-refractivity contribution in [2.45, 2.75) is 18.4 Å². The van der Waals surface area contributed by atoms with Gasteiger partial charge in [0.1, 0.15) is 0 Å². The van der Waals surface area contributed by atoms with Gasteiger partial charge >= 0.3 is 0 Å². The van der Waals surface area contributed by atoms with E-state index in [4.69, 9.17) is 0 Å². The van der Waals surface area contributed by atoms with Gasteiger partial charge in [-0.15, -0.1) is 0 Å². The number of hydrogen-bond acceptors (Lipinski definition) is 3. The van der Waals surface area contributed by atoms with Crippen molar-refractivity contribution in [1.29, 1.82) is 0 Å². The monoisotopic (exact) mass is 340 g/mol. The van der Waals surface area contributed by atoms with Crippen LogP contribution in [-0.4, -0.2) is 19.0 Å². The summed E-state index contributed by atoms with van der Waals surface area (Å²) in [6.45, 7) is 3.91. The zero-order valence-corrected chi connectivity index (χ0v) is 14.8. The molecule has 2 N–H and O–H groups in total. The van der Waals surface area contributed by atoms with Crippen LogP contribution in [0, 0.1) is 11.8 Å². The maximum Gasteiger partial charge on any atom is 0.227 e. The fourth-order valence-corrected chi connectivity index (χ4v) is 3.68. The molecule has 1 amide bonds. The van der Waals surface area contributed by atoms with Gasteiger partial charge in [0.25, 0.3) is 0 Å². The molecule has 0 bridgehead atoms. The average molecular weight is 340 g/mol. The summed E-state index contributed by atoms with van der Waals surface area (Å²) in [5.41, 5.74) is 3.48. The molecule has 0 saturated carbocycles. The molecule has 126 valence electrons. The minimum Gasteiger partial charge on any atom is -0.326 e. The second-order valence-corrected chi connectivity index (χ2v) is 7.36. The van der Waals surface area contributed by atoms with Crippen molar-refractivity contribution < 1.29 is 4.79 Å². The van der Waals surface area contributed by atoms with Gasteiger partial charge in [-0.3, -0.25) is 4.79 Å². The largest absolute Gasteiger partial charge is 0.326 e. The minimum absolute atomic E-state index is 0.0577. The molecule has 24 heavy (non-hydrogen) atoms. The number of benzene rings is 2. The predicted molar refractivity (Wildman–Crippen MR) is 102 cm³/mol. The molecule has 3 rings (SSSR count). The van der Waals surface area contributed by atoms with Gasteiger partial charge < -0.3 is 10.6 Å². The third kappa shape index (κ3) is 4.62. The molecule has 1 aliphatic heterocycles. The van der Waals surface area contributed by atoms with Gasteiger partial charge in [0.05, 0.1) is 0 Å². The highest BCUT2D eigenvalue weighted by atomic mass is 32.2. The second-order valence-electron chi connectivity index (χ2n) is 6.38. The third-order valence-corrected chi connectivity index (χ3v) is 5.58. The fraction of sp³-hybridized carbons (Fsp3) is 0.350. The van der Waals surface area contributed by atoms with E-state index in [2.05, 4.69) is 47.0 Å². The molecule has 0 radical (unpaired) electrons. The number of carbonyl (C=O) groups is 1. The zero-order valence-electron chi connectivity index (χ0n) is 14.0. The zero-order chi connectivity index (χ0) is 16.8. The molecule has 0 aromatic heterocycles. The lowest BCUT2D eigenvalue weighted by atomic mass is 9.88. The smallest absolute Gasteiger partial charge is 0.227 e. The van der Waals surface area contributed by atoms with E-state index >= 15 is 0 Å². The van der Waals surface area contributed by atoms with Gasteiger partial charge in [0.15, 0.2) is 0 Å². The molecule has 1 fully saturated rings. The second kappa shape index (κ2) is 8.36. The van der Waals surface area contributed by atoms with E-state index in [1.165, 1.54) is 11.1 Å². The number of nitrogens with one attached hydrogen (secondary N) is 2. The third-order valence-electron chi connectivity index (χ3n) is 4.51. The summed E-state index contributed by atoms with van der Waals surface area (Å²) >= 11 is 1.89. The lowest BCUT2D eigenvalue weighted by Gasteiger charge is -2.31. The Hall–Kier alpha value is -1.78. The van der Waals surface area contributed by atoms with Crippen LogP contribution in [0.1, 0.15) is 18.1 Å². The van der Waals surface area contributed by atoms with Crippen LogP contribution in [0.25, 0.3) is 0 Å². The Morgan fingerprint density at radius 1 is 1.12 bits per heavy atom. The maximum atomic E-state index is 12.3. The average Bonchev–Trinajstić information content (AvgIpc) is 2.54. The van der Waals surface area contributed by atoms with Crippen molar-refractivity contribution >= 4 is 23.4 Å². The Kier molecular flexibility index (Phi) is 5.94. The van der Waals surface area contributed by atoms with Gasteiger partial charge in [0.2, 0.25) is 5.91 Å². The molecule has 1 atom stereocenters. The first-order chi connectivity index (χ1) is 11.7. The van der Waals surface area contributed by atoms with Crippen molar-refractivity contribution in [1.82, 2.24) is 5.32 Å². The van der Waals surface area contributed by atoms with Crippen LogP contribution in [-0.2, 0) is 16.3 Å². The fourth-order valence-electron chi connectivity index (χ4n) is 2.73. The molecule has 4 heteroatoms. The van der Waals surface area contributed by atoms with Crippen LogP contribution in [0.5, 0.6) is 0 Å². The molecule has 1 unspecified atom stereocenters. The molecule has 1 aliphatic rings. The Bertz CT molecular complexity index is 670. The Morgan fingerprint density at radius 2 is 1.83 bits per heavy atom. The number of carbonyl (C=O) groups excluding carboxylic acids is 1. The number of thioether (sulfide) groups is 1. The molecule has 1 saturated heterocycles. The van der Waals surface area contributed by atoms with E-state index in [0.717, 1.165) is 30.3 Å². The van der Waals surface area contributed by atoms with Crippen molar-refractivity contribution in [2.75, 3.05) is 18.4 Å². The SMILES string of the molecule is CC(C(=O)Nc1cccc(CSCc2ccccc2)c1)C1CNC1. The first-order valence-electron chi connectivity index (χ1n) is 8.44. The van der Waals surface area contributed by atoms with Crippen molar-refractivity contribution in [3.63, 3.8) is 0 Å². The molecule has 2 aromatic carbocycles. The summed E-state index contributed by atoms with van der Waals surface area (Å²) in [5.74, 6) is 2.59. The number of hydrogen-bond donors (Lipinski definition) is 2. The van der Waals surface area contributed by atoms with E-state index < -0.39 is 0 Å². The van der Waals surface area contributed by atoms with Gasteiger partial charge in [-0.2, -0.15) is 11.8 Å². The summed E-state index contributed by atoms with van der Waals surface area (Å²) in [5, 5.41) is 6.29. The quantitative estimate of drug-likeness (QED) is 0.803. The molecule has 2 aromatic rings. The lowest BCUT2D eigenvalue weighted by molar-refractivity contribution is -0.121. The summed E-state index contributed by atoms with van der Waals surface area (Å²) in [6, 6.07) is 18.7. The van der Waals surface area contributed by atoms with E-state index in [9.17, 15) is 4.79 Å². The molecule has 3 nitrogen and oxygen atoms in total. The van der Waals surface area contributed by atoms with E-state index in [1.807, 2.05) is 36.9 Å². The summed E-state index contributed by atoms with van der Waals surface area (Å²) in [7, 11) is 0. The summed E-state index contributed by atoms with van der Waals surface area (Å²) < 4.78 is 0. The number of amides is 1. The molecule has 1 heterocycles. The van der Waals surface area contributed by atoms with Gasteiger partial charge in [0, 0.05) is 23.1 Å². The Balaban J connectivity index is 1.51. The highest BCUT2D eigenvalue weighted by Gasteiger charge is 2.28. The summed E-state index contributed by atoms with van der Waals surface area (Å²) in [6.07, 6.45) is 0. The van der Waals surface area contributed by atoms with Crippen LogP contribution >= 0.6 is 11.8 Å². The standard InChI is InChI=1S/C20H24N2OS/c1-15(18-11-21-12-18)20(23)22-19-9-5-8-17(10-19)14-24-13-16-6-3-2-4-7-16/h2-10,15,18,21H,11-14H2,1H3,(H,22,23). The summed E-state index contributed by atoms with van der Waals surface area (Å²) in [4.78, 5) is 12.3. The minimum atomic E-state index is 0.0577. The van der Waals surface area contributed by atoms with E-state index in [-0.39, 0.29) is 11.8 Å². The predicted octanol–water partition coefficient (Wildman–Crippen LogP) is 3.91. The van der Waals surface area contributed by atoms with Crippen LogP contribution in [0.4, 0.5) is 5.69 Å². The first kappa shape index (κ1) is 17.1. The number of rotatable bonds is 7. The normalized spacial score (nSPS) is 15.5. The number of anilines is 1.